The van der Waals surface area contributed by atoms with Gasteiger partial charge in [-0.1, -0.05) is 58.9 Å². The molecule has 3 rings (SSSR count). The van der Waals surface area contributed by atoms with Gasteiger partial charge in [-0.3, -0.25) is 9.59 Å². The molecule has 0 spiro atoms. The Balaban J connectivity index is 2.28. The van der Waals surface area contributed by atoms with Crippen molar-refractivity contribution in [2.24, 2.45) is 5.41 Å². The molecule has 1 aliphatic carbocycles. The Hall–Kier alpha value is -2.73. The fourth-order valence-corrected chi connectivity index (χ4v) is 4.35. The number of hydrogen-bond donors (Lipinski definition) is 0. The molecule has 0 aliphatic heterocycles. The number of hydrogen-bond acceptors (Lipinski definition) is 5. The van der Waals surface area contributed by atoms with E-state index in [0.29, 0.717) is 11.1 Å². The maximum absolute atomic E-state index is 13.8. The van der Waals surface area contributed by atoms with Gasteiger partial charge in [0, 0.05) is 21.5 Å². The van der Waals surface area contributed by atoms with Gasteiger partial charge in [0.1, 0.15) is 11.0 Å². The first-order valence-electron chi connectivity index (χ1n) is 9.90. The van der Waals surface area contributed by atoms with Crippen molar-refractivity contribution in [3.63, 3.8) is 0 Å². The van der Waals surface area contributed by atoms with Gasteiger partial charge in [-0.2, -0.15) is 0 Å². The molecule has 2 atom stereocenters. The summed E-state index contributed by atoms with van der Waals surface area (Å²) in [5.41, 5.74) is -0.680. The molecule has 0 unspecified atom stereocenters. The van der Waals surface area contributed by atoms with Crippen LogP contribution in [0.25, 0.3) is 0 Å². The summed E-state index contributed by atoms with van der Waals surface area (Å²) in [5, 5.41) is 0. The maximum atomic E-state index is 13.8. The molecule has 5 nitrogen and oxygen atoms in total. The van der Waals surface area contributed by atoms with E-state index in [2.05, 4.69) is 22.5 Å². The maximum Gasteiger partial charge on any atom is 0.333 e. The molecule has 0 saturated carbocycles. The van der Waals surface area contributed by atoms with Gasteiger partial charge >= 0.3 is 11.9 Å². The molecular formula is C25H25BrO5. The van der Waals surface area contributed by atoms with Crippen LogP contribution in [0, 0.1) is 5.41 Å². The molecule has 1 aliphatic rings. The summed E-state index contributed by atoms with van der Waals surface area (Å²) in [4.78, 5) is 40.1. The van der Waals surface area contributed by atoms with Crippen molar-refractivity contribution in [1.82, 2.24) is 0 Å². The number of Topliss-reactive ketones (excluding diaryl/α,β-unsaturated/α-hetero) is 1. The molecule has 0 aromatic heterocycles. The van der Waals surface area contributed by atoms with Gasteiger partial charge < -0.3 is 9.47 Å². The van der Waals surface area contributed by atoms with Crippen molar-refractivity contribution in [3.8, 4) is 0 Å². The van der Waals surface area contributed by atoms with Crippen molar-refractivity contribution in [2.75, 3.05) is 7.11 Å². The number of esters is 2. The zero-order valence-corrected chi connectivity index (χ0v) is 19.6. The summed E-state index contributed by atoms with van der Waals surface area (Å²) in [6.07, 6.45) is 0.105. The predicted molar refractivity (Wildman–Crippen MR) is 121 cm³/mol. The molecule has 0 amide bonds. The largest absolute Gasteiger partial charge is 0.466 e. The third-order valence-corrected chi connectivity index (χ3v) is 5.92. The molecule has 0 fully saturated rings. The van der Waals surface area contributed by atoms with Gasteiger partial charge in [0.15, 0.2) is 5.78 Å². The number of rotatable bonds is 5. The molecule has 0 heterocycles. The number of carbonyl (C=O) groups excluding carboxylic acids is 3. The van der Waals surface area contributed by atoms with Crippen LogP contribution in [-0.2, 0) is 25.5 Å². The Morgan fingerprint density at radius 1 is 1.10 bits per heavy atom. The monoisotopic (exact) mass is 484 g/mol. The highest BCUT2D eigenvalue weighted by Gasteiger charge is 2.60. The van der Waals surface area contributed by atoms with Gasteiger partial charge in [0.05, 0.1) is 7.11 Å². The van der Waals surface area contributed by atoms with Crippen LogP contribution in [0.15, 0.2) is 65.2 Å². The second-order valence-corrected chi connectivity index (χ2v) is 9.55. The quantitative estimate of drug-likeness (QED) is 0.338. The molecule has 162 valence electrons. The second kappa shape index (κ2) is 8.42. The van der Waals surface area contributed by atoms with Gasteiger partial charge in [-0.05, 0) is 50.5 Å². The summed E-state index contributed by atoms with van der Waals surface area (Å²) in [6.45, 7) is 9.18. The molecule has 2 aromatic carbocycles. The zero-order chi connectivity index (χ0) is 23.0. The number of halogens is 1. The highest BCUT2D eigenvalue weighted by atomic mass is 79.9. The van der Waals surface area contributed by atoms with Crippen LogP contribution in [0.4, 0.5) is 0 Å². The minimum atomic E-state index is -1.67. The summed E-state index contributed by atoms with van der Waals surface area (Å²) in [7, 11) is 1.25. The van der Waals surface area contributed by atoms with E-state index >= 15 is 0 Å². The number of ketones is 1. The smallest absolute Gasteiger partial charge is 0.333 e. The average Bonchev–Trinajstić information content (AvgIpc) is 3.01. The second-order valence-electron chi connectivity index (χ2n) is 8.64. The highest BCUT2D eigenvalue weighted by Crippen LogP contribution is 2.51. The van der Waals surface area contributed by atoms with Gasteiger partial charge in [0.2, 0.25) is 0 Å². The van der Waals surface area contributed by atoms with Crippen molar-refractivity contribution in [1.29, 1.82) is 0 Å². The van der Waals surface area contributed by atoms with Crippen LogP contribution in [0.1, 0.15) is 48.2 Å². The highest BCUT2D eigenvalue weighted by molar-refractivity contribution is 9.10. The van der Waals surface area contributed by atoms with Gasteiger partial charge in [-0.25, -0.2) is 4.79 Å². The fourth-order valence-electron chi connectivity index (χ4n) is 4.09. The Labute approximate surface area is 190 Å². The van der Waals surface area contributed by atoms with Crippen molar-refractivity contribution < 1.29 is 23.9 Å². The van der Waals surface area contributed by atoms with E-state index < -0.39 is 28.9 Å². The molecular weight excluding hydrogens is 460 g/mol. The predicted octanol–water partition coefficient (Wildman–Crippen LogP) is 5.03. The number of fused-ring (bicyclic) bond motifs is 1. The lowest BCUT2D eigenvalue weighted by Gasteiger charge is -2.37. The van der Waals surface area contributed by atoms with Crippen LogP contribution in [-0.4, -0.2) is 30.4 Å². The molecule has 6 heteroatoms. The van der Waals surface area contributed by atoms with Gasteiger partial charge in [0.25, 0.3) is 0 Å². The zero-order valence-electron chi connectivity index (χ0n) is 18.0. The summed E-state index contributed by atoms with van der Waals surface area (Å²) in [6, 6.07) is 14.2. The van der Waals surface area contributed by atoms with Crippen LogP contribution in [0.2, 0.25) is 0 Å². The molecule has 0 saturated heterocycles. The number of ether oxygens (including phenoxy) is 2. The molecule has 0 bridgehead atoms. The van der Waals surface area contributed by atoms with E-state index in [0.717, 1.165) is 10.0 Å². The summed E-state index contributed by atoms with van der Waals surface area (Å²) in [5.74, 6) is -2.70. The number of benzene rings is 2. The lowest BCUT2D eigenvalue weighted by Crippen LogP contribution is -2.47. The fraction of sp³-hybridized carbons (Fsp3) is 0.320. The standard InChI is InChI=1S/C25H25BrO5/c1-15(22(28)30-5)20(16-10-12-18(26)13-11-16)25(23(29)31-24(2,3)4)14-17-8-6-7-9-19(17)21(25)27/h6-13,20H,1,14H2,2-5H3/t20-,25+/m0/s1. The normalized spacial score (nSPS) is 18.8. The first-order chi connectivity index (χ1) is 14.5. The Kier molecular flexibility index (Phi) is 6.23. The van der Waals surface area contributed by atoms with E-state index in [9.17, 15) is 14.4 Å². The van der Waals surface area contributed by atoms with E-state index in [1.165, 1.54) is 7.11 Å². The van der Waals surface area contributed by atoms with E-state index in [1.54, 1.807) is 57.2 Å². The average molecular weight is 485 g/mol. The SMILES string of the molecule is C=C(C(=O)OC)[C@@H](c1ccc(Br)cc1)[C@]1(C(=O)OC(C)(C)C)Cc2ccccc2C1=O. The molecule has 0 N–H and O–H groups in total. The minimum absolute atomic E-state index is 0.0248. The van der Waals surface area contributed by atoms with Gasteiger partial charge in [-0.15, -0.1) is 0 Å². The Morgan fingerprint density at radius 2 is 1.71 bits per heavy atom. The molecule has 2 aromatic rings. The van der Waals surface area contributed by atoms with Crippen molar-refractivity contribution in [2.45, 2.75) is 38.7 Å². The van der Waals surface area contributed by atoms with Crippen molar-refractivity contribution >= 4 is 33.7 Å². The number of methoxy groups -OCH3 is 1. The Morgan fingerprint density at radius 3 is 2.26 bits per heavy atom. The van der Waals surface area contributed by atoms with E-state index in [1.807, 2.05) is 12.1 Å². The topological polar surface area (TPSA) is 69.7 Å². The molecule has 31 heavy (non-hydrogen) atoms. The van der Waals surface area contributed by atoms with Crippen LogP contribution >= 0.6 is 15.9 Å². The van der Waals surface area contributed by atoms with E-state index in [4.69, 9.17) is 9.47 Å². The third kappa shape index (κ3) is 4.22. The third-order valence-electron chi connectivity index (χ3n) is 5.39. The van der Waals surface area contributed by atoms with Crippen molar-refractivity contribution in [3.05, 3.63) is 81.8 Å². The van der Waals surface area contributed by atoms with Crippen LogP contribution < -0.4 is 0 Å². The Bertz CT molecular complexity index is 1050. The van der Waals surface area contributed by atoms with Crippen LogP contribution in [0.5, 0.6) is 0 Å². The first-order valence-corrected chi connectivity index (χ1v) is 10.7. The van der Waals surface area contributed by atoms with Crippen LogP contribution in [0.3, 0.4) is 0 Å². The lowest BCUT2D eigenvalue weighted by atomic mass is 9.66. The first kappa shape index (κ1) is 22.9. The molecule has 0 radical (unpaired) electrons. The number of carbonyl (C=O) groups is 3. The lowest BCUT2D eigenvalue weighted by molar-refractivity contribution is -0.165. The summed E-state index contributed by atoms with van der Waals surface area (Å²) < 4.78 is 11.5. The van der Waals surface area contributed by atoms with E-state index in [-0.39, 0.29) is 17.8 Å². The summed E-state index contributed by atoms with van der Waals surface area (Å²) >= 11 is 3.40. The minimum Gasteiger partial charge on any atom is -0.466 e.